The van der Waals surface area contributed by atoms with Crippen LogP contribution < -0.4 is 10.6 Å². The van der Waals surface area contributed by atoms with Gasteiger partial charge in [0.25, 0.3) is 0 Å². The molecule has 1 fully saturated rings. The van der Waals surface area contributed by atoms with Gasteiger partial charge in [0.15, 0.2) is 0 Å². The summed E-state index contributed by atoms with van der Waals surface area (Å²) < 4.78 is 14.2. The largest absolute Gasteiger partial charge is 0.366 e. The van der Waals surface area contributed by atoms with Crippen LogP contribution in [-0.2, 0) is 6.42 Å². The first-order valence-electron chi connectivity index (χ1n) is 6.89. The second-order valence-corrected chi connectivity index (χ2v) is 5.34. The lowest BCUT2D eigenvalue weighted by molar-refractivity contribution is 0.360. The van der Waals surface area contributed by atoms with Crippen LogP contribution in [0.2, 0.25) is 0 Å². The van der Waals surface area contributed by atoms with Crippen molar-refractivity contribution in [2.45, 2.75) is 39.2 Å². The Kier molecular flexibility index (Phi) is 4.23. The van der Waals surface area contributed by atoms with E-state index in [2.05, 4.69) is 18.7 Å². The van der Waals surface area contributed by atoms with Crippen molar-refractivity contribution in [1.29, 1.82) is 0 Å². The fraction of sp³-hybridized carbons (Fsp3) is 0.600. The highest BCUT2D eigenvalue weighted by molar-refractivity contribution is 5.56. The van der Waals surface area contributed by atoms with Gasteiger partial charge in [-0.05, 0) is 50.3 Å². The van der Waals surface area contributed by atoms with Crippen molar-refractivity contribution in [2.24, 2.45) is 11.7 Å². The van der Waals surface area contributed by atoms with Gasteiger partial charge in [-0.2, -0.15) is 0 Å². The Hall–Kier alpha value is -1.09. The van der Waals surface area contributed by atoms with Crippen LogP contribution in [0.1, 0.15) is 32.3 Å². The summed E-state index contributed by atoms with van der Waals surface area (Å²) in [4.78, 5) is 2.23. The number of halogens is 1. The average molecular weight is 250 g/mol. The van der Waals surface area contributed by atoms with Crippen LogP contribution in [0, 0.1) is 11.7 Å². The molecule has 2 nitrogen and oxygen atoms in total. The Bertz CT molecular complexity index is 405. The summed E-state index contributed by atoms with van der Waals surface area (Å²) in [6, 6.07) is 5.73. The summed E-state index contributed by atoms with van der Waals surface area (Å²) in [5.41, 5.74) is 7.45. The SMILES string of the molecule is CC1CCCN(c2c(F)cccc2CCN)C1C. The molecule has 0 saturated carbocycles. The van der Waals surface area contributed by atoms with E-state index in [9.17, 15) is 4.39 Å². The van der Waals surface area contributed by atoms with Crippen molar-refractivity contribution >= 4 is 5.69 Å². The van der Waals surface area contributed by atoms with Gasteiger partial charge in [0.05, 0.1) is 5.69 Å². The van der Waals surface area contributed by atoms with Gasteiger partial charge < -0.3 is 10.6 Å². The van der Waals surface area contributed by atoms with E-state index in [1.165, 1.54) is 6.42 Å². The average Bonchev–Trinajstić information content (AvgIpc) is 2.34. The third-order valence-electron chi connectivity index (χ3n) is 4.14. The molecular formula is C15H23FN2. The van der Waals surface area contributed by atoms with Gasteiger partial charge in [0, 0.05) is 12.6 Å². The number of para-hydroxylation sites is 1. The van der Waals surface area contributed by atoms with E-state index in [1.807, 2.05) is 6.07 Å². The zero-order valence-electron chi connectivity index (χ0n) is 11.3. The molecule has 3 heteroatoms. The number of hydrogen-bond acceptors (Lipinski definition) is 2. The Morgan fingerprint density at radius 3 is 2.89 bits per heavy atom. The topological polar surface area (TPSA) is 29.3 Å². The summed E-state index contributed by atoms with van der Waals surface area (Å²) in [6.07, 6.45) is 3.12. The van der Waals surface area contributed by atoms with Crippen molar-refractivity contribution in [1.82, 2.24) is 0 Å². The van der Waals surface area contributed by atoms with Crippen LogP contribution in [0.3, 0.4) is 0 Å². The molecule has 2 rings (SSSR count). The molecular weight excluding hydrogens is 227 g/mol. The molecule has 1 aliphatic rings. The van der Waals surface area contributed by atoms with Crippen LogP contribution in [0.4, 0.5) is 10.1 Å². The number of hydrogen-bond donors (Lipinski definition) is 1. The van der Waals surface area contributed by atoms with Gasteiger partial charge in [0.2, 0.25) is 0 Å². The van der Waals surface area contributed by atoms with Crippen LogP contribution >= 0.6 is 0 Å². The smallest absolute Gasteiger partial charge is 0.146 e. The van der Waals surface area contributed by atoms with Gasteiger partial charge in [-0.1, -0.05) is 19.1 Å². The zero-order chi connectivity index (χ0) is 13.1. The number of nitrogens with zero attached hydrogens (tertiary/aromatic N) is 1. The van der Waals surface area contributed by atoms with Crippen LogP contribution in [-0.4, -0.2) is 19.1 Å². The van der Waals surface area contributed by atoms with E-state index < -0.39 is 0 Å². The molecule has 1 aromatic carbocycles. The maximum Gasteiger partial charge on any atom is 0.146 e. The third kappa shape index (κ3) is 2.51. The number of nitrogens with two attached hydrogens (primary N) is 1. The molecule has 2 unspecified atom stereocenters. The molecule has 1 aliphatic heterocycles. The Balaban J connectivity index is 2.36. The first kappa shape index (κ1) is 13.3. The van der Waals surface area contributed by atoms with E-state index >= 15 is 0 Å². The third-order valence-corrected chi connectivity index (χ3v) is 4.14. The molecule has 1 aromatic rings. The fourth-order valence-corrected chi connectivity index (χ4v) is 2.89. The summed E-state index contributed by atoms with van der Waals surface area (Å²) in [7, 11) is 0. The van der Waals surface area contributed by atoms with Crippen molar-refractivity contribution in [3.63, 3.8) is 0 Å². The fourth-order valence-electron chi connectivity index (χ4n) is 2.89. The maximum atomic E-state index is 14.2. The van der Waals surface area contributed by atoms with E-state index in [0.29, 0.717) is 18.5 Å². The van der Waals surface area contributed by atoms with Crippen molar-refractivity contribution < 1.29 is 4.39 Å². The standard InChI is InChI=1S/C15H23FN2/c1-11-5-4-10-18(12(11)2)15-13(8-9-17)6-3-7-14(15)16/h3,6-7,11-12H,4-5,8-10,17H2,1-2H3. The highest BCUT2D eigenvalue weighted by Gasteiger charge is 2.27. The molecule has 2 N–H and O–H groups in total. The molecule has 0 aliphatic carbocycles. The number of benzene rings is 1. The van der Waals surface area contributed by atoms with Crippen molar-refractivity contribution in [2.75, 3.05) is 18.0 Å². The van der Waals surface area contributed by atoms with Crippen LogP contribution in [0.15, 0.2) is 18.2 Å². The molecule has 0 bridgehead atoms. The Labute approximate surface area is 109 Å². The minimum Gasteiger partial charge on any atom is -0.366 e. The summed E-state index contributed by atoms with van der Waals surface area (Å²) in [6.45, 7) is 5.96. The normalized spacial score (nSPS) is 24.3. The maximum absolute atomic E-state index is 14.2. The lowest BCUT2D eigenvalue weighted by atomic mass is 9.90. The number of rotatable bonds is 3. The summed E-state index contributed by atoms with van der Waals surface area (Å²) in [5, 5.41) is 0. The Morgan fingerprint density at radius 1 is 1.39 bits per heavy atom. The van der Waals surface area contributed by atoms with Gasteiger partial charge in [-0.15, -0.1) is 0 Å². The minimum atomic E-state index is -0.109. The molecule has 0 spiro atoms. The molecule has 1 heterocycles. The zero-order valence-corrected chi connectivity index (χ0v) is 11.3. The van der Waals surface area contributed by atoms with E-state index in [0.717, 1.165) is 30.6 Å². The van der Waals surface area contributed by atoms with Crippen molar-refractivity contribution in [3.8, 4) is 0 Å². The first-order valence-corrected chi connectivity index (χ1v) is 6.89. The van der Waals surface area contributed by atoms with Crippen molar-refractivity contribution in [3.05, 3.63) is 29.6 Å². The Morgan fingerprint density at radius 2 is 2.17 bits per heavy atom. The lowest BCUT2D eigenvalue weighted by Crippen LogP contribution is -2.43. The quantitative estimate of drug-likeness (QED) is 0.893. The van der Waals surface area contributed by atoms with Crippen LogP contribution in [0.25, 0.3) is 0 Å². The van der Waals surface area contributed by atoms with Gasteiger partial charge in [0.1, 0.15) is 5.82 Å². The highest BCUT2D eigenvalue weighted by Crippen LogP contribution is 2.32. The molecule has 100 valence electrons. The summed E-state index contributed by atoms with van der Waals surface area (Å²) in [5.74, 6) is 0.506. The molecule has 2 atom stereocenters. The number of anilines is 1. The predicted octanol–water partition coefficient (Wildman–Crippen LogP) is 2.95. The molecule has 0 aromatic heterocycles. The molecule has 18 heavy (non-hydrogen) atoms. The van der Waals surface area contributed by atoms with E-state index in [-0.39, 0.29) is 5.82 Å². The number of piperidine rings is 1. The predicted molar refractivity (Wildman–Crippen MR) is 74.4 cm³/mol. The molecule has 0 radical (unpaired) electrons. The molecule has 1 saturated heterocycles. The van der Waals surface area contributed by atoms with Gasteiger partial charge >= 0.3 is 0 Å². The van der Waals surface area contributed by atoms with E-state index in [1.54, 1.807) is 12.1 Å². The lowest BCUT2D eigenvalue weighted by Gasteiger charge is -2.40. The van der Waals surface area contributed by atoms with Crippen LogP contribution in [0.5, 0.6) is 0 Å². The van der Waals surface area contributed by atoms with Gasteiger partial charge in [-0.25, -0.2) is 4.39 Å². The molecule has 0 amide bonds. The monoisotopic (exact) mass is 250 g/mol. The van der Waals surface area contributed by atoms with E-state index in [4.69, 9.17) is 5.73 Å². The van der Waals surface area contributed by atoms with Gasteiger partial charge in [-0.3, -0.25) is 0 Å². The second kappa shape index (κ2) is 5.70. The minimum absolute atomic E-state index is 0.109. The highest BCUT2D eigenvalue weighted by atomic mass is 19.1. The second-order valence-electron chi connectivity index (χ2n) is 5.34. The summed E-state index contributed by atoms with van der Waals surface area (Å²) >= 11 is 0. The first-order chi connectivity index (χ1) is 8.65.